The molecule has 0 fully saturated rings. The third kappa shape index (κ3) is 3.55. The van der Waals surface area contributed by atoms with Gasteiger partial charge in [0, 0.05) is 13.0 Å². The minimum atomic E-state index is -0.296. The second-order valence-corrected chi connectivity index (χ2v) is 3.08. The third-order valence-electron chi connectivity index (χ3n) is 2.03. The third-order valence-corrected chi connectivity index (χ3v) is 2.03. The Kier molecular flexibility index (Phi) is 4.47. The van der Waals surface area contributed by atoms with Crippen molar-refractivity contribution in [1.82, 2.24) is 0 Å². The highest BCUT2D eigenvalue weighted by Gasteiger charge is 1.94. The minimum absolute atomic E-state index is 0.228. The average Bonchev–Trinajstić information content (AvgIpc) is 2.17. The molecular formula is C11H15FO. The molecule has 0 atom stereocenters. The molecule has 1 aromatic rings. The lowest BCUT2D eigenvalue weighted by Crippen LogP contribution is -1.91. The number of aliphatic hydroxyl groups excluding tert-OH is 1. The van der Waals surface area contributed by atoms with Crippen LogP contribution in [0.4, 0.5) is 4.39 Å². The van der Waals surface area contributed by atoms with Gasteiger partial charge in [-0.15, -0.1) is 0 Å². The zero-order chi connectivity index (χ0) is 9.52. The topological polar surface area (TPSA) is 20.2 Å². The highest BCUT2D eigenvalue weighted by atomic mass is 19.1. The van der Waals surface area contributed by atoms with E-state index in [4.69, 9.17) is 5.11 Å². The Balaban J connectivity index is 2.48. The normalized spacial score (nSPS) is 10.3. The molecule has 2 heteroatoms. The number of aliphatic hydroxyl groups is 1. The largest absolute Gasteiger partial charge is 0.396 e. The maximum Gasteiger partial charge on any atom is 0.0934 e. The molecular weight excluding hydrogens is 167 g/mol. The summed E-state index contributed by atoms with van der Waals surface area (Å²) in [6.07, 6.45) is 2.19. The van der Waals surface area contributed by atoms with Crippen LogP contribution in [0, 0.1) is 0 Å². The van der Waals surface area contributed by atoms with Crippen LogP contribution in [0.5, 0.6) is 0 Å². The summed E-state index contributed by atoms with van der Waals surface area (Å²) in [7, 11) is 0. The van der Waals surface area contributed by atoms with Crippen molar-refractivity contribution in [3.8, 4) is 0 Å². The maximum absolute atomic E-state index is 11.9. The summed E-state index contributed by atoms with van der Waals surface area (Å²) in [5, 5.41) is 8.62. The van der Waals surface area contributed by atoms with E-state index in [9.17, 15) is 4.39 Å². The number of halogens is 1. The van der Waals surface area contributed by atoms with Crippen molar-refractivity contribution >= 4 is 0 Å². The molecule has 1 aromatic carbocycles. The van der Waals surface area contributed by atoms with Crippen LogP contribution in [0.15, 0.2) is 24.3 Å². The molecule has 13 heavy (non-hydrogen) atoms. The Labute approximate surface area is 78.2 Å². The molecule has 0 aromatic heterocycles. The van der Waals surface area contributed by atoms with E-state index in [1.165, 1.54) is 5.56 Å². The van der Waals surface area contributed by atoms with Gasteiger partial charge in [-0.2, -0.15) is 0 Å². The first-order valence-corrected chi connectivity index (χ1v) is 4.61. The maximum atomic E-state index is 11.9. The summed E-state index contributed by atoms with van der Waals surface area (Å²) < 4.78 is 11.9. The predicted octanol–water partition coefficient (Wildman–Crippen LogP) is 2.12. The van der Waals surface area contributed by atoms with Crippen molar-refractivity contribution in [2.24, 2.45) is 0 Å². The summed E-state index contributed by atoms with van der Waals surface area (Å²) in [5.41, 5.74) is 2.24. The molecule has 0 saturated heterocycles. The van der Waals surface area contributed by atoms with Crippen molar-refractivity contribution in [3.63, 3.8) is 0 Å². The Bertz CT molecular complexity index is 230. The lowest BCUT2D eigenvalue weighted by molar-refractivity contribution is 0.288. The summed E-state index contributed by atoms with van der Waals surface area (Å²) >= 11 is 0. The fourth-order valence-electron chi connectivity index (χ4n) is 1.26. The highest BCUT2D eigenvalue weighted by molar-refractivity contribution is 5.22. The molecule has 0 saturated carbocycles. The lowest BCUT2D eigenvalue weighted by atomic mass is 10.1. The molecule has 0 aliphatic rings. The molecule has 0 aliphatic heterocycles. The van der Waals surface area contributed by atoms with E-state index in [2.05, 4.69) is 0 Å². The zero-order valence-electron chi connectivity index (χ0n) is 7.67. The second-order valence-electron chi connectivity index (χ2n) is 3.08. The van der Waals surface area contributed by atoms with Gasteiger partial charge in [0.05, 0.1) is 6.67 Å². The summed E-state index contributed by atoms with van der Waals surface area (Å²) in [4.78, 5) is 0. The lowest BCUT2D eigenvalue weighted by Gasteiger charge is -2.01. The van der Waals surface area contributed by atoms with Gasteiger partial charge >= 0.3 is 0 Å². The smallest absolute Gasteiger partial charge is 0.0934 e. The van der Waals surface area contributed by atoms with Crippen LogP contribution >= 0.6 is 0 Å². The number of alkyl halides is 1. The summed E-state index contributed by atoms with van der Waals surface area (Å²) in [5.74, 6) is 0. The Morgan fingerprint density at radius 2 is 1.54 bits per heavy atom. The molecule has 0 aliphatic carbocycles. The molecule has 0 spiro atoms. The SMILES string of the molecule is OCCCc1ccc(CCF)cc1. The van der Waals surface area contributed by atoms with E-state index in [1.807, 2.05) is 24.3 Å². The molecule has 0 heterocycles. The van der Waals surface area contributed by atoms with Crippen LogP contribution < -0.4 is 0 Å². The first-order valence-electron chi connectivity index (χ1n) is 4.61. The fourth-order valence-corrected chi connectivity index (χ4v) is 1.26. The van der Waals surface area contributed by atoms with Crippen LogP contribution in [0.25, 0.3) is 0 Å². The van der Waals surface area contributed by atoms with Gasteiger partial charge in [-0.3, -0.25) is 4.39 Å². The van der Waals surface area contributed by atoms with E-state index in [0.29, 0.717) is 6.42 Å². The Hall–Kier alpha value is -0.890. The average molecular weight is 182 g/mol. The Morgan fingerprint density at radius 3 is 2.00 bits per heavy atom. The number of hydrogen-bond acceptors (Lipinski definition) is 1. The fraction of sp³-hybridized carbons (Fsp3) is 0.455. The van der Waals surface area contributed by atoms with Gasteiger partial charge in [0.2, 0.25) is 0 Å². The molecule has 1 nitrogen and oxygen atoms in total. The van der Waals surface area contributed by atoms with Gasteiger partial charge in [0.25, 0.3) is 0 Å². The molecule has 0 radical (unpaired) electrons. The molecule has 72 valence electrons. The van der Waals surface area contributed by atoms with Gasteiger partial charge in [-0.1, -0.05) is 24.3 Å². The first kappa shape index (κ1) is 10.2. The minimum Gasteiger partial charge on any atom is -0.396 e. The number of hydrogen-bond donors (Lipinski definition) is 1. The van der Waals surface area contributed by atoms with E-state index < -0.39 is 0 Å². The van der Waals surface area contributed by atoms with Crippen molar-refractivity contribution in [2.75, 3.05) is 13.3 Å². The quantitative estimate of drug-likeness (QED) is 0.739. The van der Waals surface area contributed by atoms with E-state index in [1.54, 1.807) is 0 Å². The molecule has 0 bridgehead atoms. The predicted molar refractivity (Wildman–Crippen MR) is 51.5 cm³/mol. The van der Waals surface area contributed by atoms with Gasteiger partial charge in [-0.05, 0) is 24.0 Å². The molecule has 0 amide bonds. The van der Waals surface area contributed by atoms with Crippen molar-refractivity contribution in [2.45, 2.75) is 19.3 Å². The summed E-state index contributed by atoms with van der Waals surface area (Å²) in [6.45, 7) is -0.0672. The van der Waals surface area contributed by atoms with E-state index in [-0.39, 0.29) is 13.3 Å². The molecule has 0 unspecified atom stereocenters. The second kappa shape index (κ2) is 5.70. The van der Waals surface area contributed by atoms with E-state index >= 15 is 0 Å². The van der Waals surface area contributed by atoms with Gasteiger partial charge < -0.3 is 5.11 Å². The van der Waals surface area contributed by atoms with Crippen LogP contribution in [0.2, 0.25) is 0 Å². The van der Waals surface area contributed by atoms with Crippen LogP contribution in [0.1, 0.15) is 17.5 Å². The Morgan fingerprint density at radius 1 is 1.00 bits per heavy atom. The van der Waals surface area contributed by atoms with Gasteiger partial charge in [0.1, 0.15) is 0 Å². The van der Waals surface area contributed by atoms with Gasteiger partial charge in [-0.25, -0.2) is 0 Å². The van der Waals surface area contributed by atoms with Gasteiger partial charge in [0.15, 0.2) is 0 Å². The number of benzene rings is 1. The first-order chi connectivity index (χ1) is 6.36. The van der Waals surface area contributed by atoms with Crippen LogP contribution in [0.3, 0.4) is 0 Å². The standard InChI is InChI=1S/C11H15FO/c12-8-7-11-5-3-10(4-6-11)2-1-9-13/h3-6,13H,1-2,7-9H2. The summed E-state index contributed by atoms with van der Waals surface area (Å²) in [6, 6.07) is 7.90. The monoisotopic (exact) mass is 182 g/mol. The van der Waals surface area contributed by atoms with Crippen molar-refractivity contribution < 1.29 is 9.50 Å². The van der Waals surface area contributed by atoms with Crippen LogP contribution in [-0.4, -0.2) is 18.4 Å². The van der Waals surface area contributed by atoms with Crippen molar-refractivity contribution in [3.05, 3.63) is 35.4 Å². The van der Waals surface area contributed by atoms with Crippen LogP contribution in [-0.2, 0) is 12.8 Å². The number of rotatable bonds is 5. The highest BCUT2D eigenvalue weighted by Crippen LogP contribution is 2.07. The molecule has 1 rings (SSSR count). The molecule has 1 N–H and O–H groups in total. The number of aryl methyl sites for hydroxylation is 2. The van der Waals surface area contributed by atoms with E-state index in [0.717, 1.165) is 18.4 Å². The van der Waals surface area contributed by atoms with Crippen molar-refractivity contribution in [1.29, 1.82) is 0 Å². The zero-order valence-corrected chi connectivity index (χ0v) is 7.67.